The van der Waals surface area contributed by atoms with Crippen LogP contribution in [-0.2, 0) is 4.79 Å². The van der Waals surface area contributed by atoms with Crippen LogP contribution in [0.4, 0.5) is 10.1 Å². The fourth-order valence-electron chi connectivity index (χ4n) is 1.72. The number of nitrogens with two attached hydrogens (primary N) is 1. The molecule has 0 aliphatic carbocycles. The van der Waals surface area contributed by atoms with E-state index in [0.717, 1.165) is 0 Å². The van der Waals surface area contributed by atoms with Crippen molar-refractivity contribution in [2.24, 2.45) is 11.7 Å². The molecule has 1 amide bonds. The number of nitrogens with one attached hydrogen (secondary N) is 1. The van der Waals surface area contributed by atoms with E-state index in [1.165, 1.54) is 12.4 Å². The van der Waals surface area contributed by atoms with E-state index in [0.29, 0.717) is 11.4 Å². The maximum Gasteiger partial charge on any atom is 0.241 e. The van der Waals surface area contributed by atoms with Crippen LogP contribution in [0.15, 0.2) is 36.9 Å². The van der Waals surface area contributed by atoms with Gasteiger partial charge in [-0.1, -0.05) is 13.8 Å². The fraction of sp³-hybridized carbons (Fsp3) is 0.286. The van der Waals surface area contributed by atoms with E-state index in [2.05, 4.69) is 10.3 Å². The van der Waals surface area contributed by atoms with Gasteiger partial charge in [0.15, 0.2) is 0 Å². The zero-order valence-electron chi connectivity index (χ0n) is 12.2. The number of nitrogens with zero attached hydrogens (tertiary/aromatic N) is 2. The number of halogens is 3. The third kappa shape index (κ3) is 4.69. The number of hydrogen-bond donors (Lipinski definition) is 2. The maximum absolute atomic E-state index is 14.0. The van der Waals surface area contributed by atoms with Crippen LogP contribution in [0.2, 0.25) is 0 Å². The highest BCUT2D eigenvalue weighted by Gasteiger charge is 2.17. The van der Waals surface area contributed by atoms with E-state index in [4.69, 9.17) is 5.73 Å². The molecule has 0 spiro atoms. The van der Waals surface area contributed by atoms with Crippen molar-refractivity contribution in [3.8, 4) is 5.69 Å². The van der Waals surface area contributed by atoms with Gasteiger partial charge in [-0.15, -0.1) is 24.8 Å². The molecule has 0 saturated carbocycles. The van der Waals surface area contributed by atoms with Crippen LogP contribution in [-0.4, -0.2) is 21.5 Å². The maximum atomic E-state index is 14.0. The summed E-state index contributed by atoms with van der Waals surface area (Å²) in [5.74, 6) is -0.751. The van der Waals surface area contributed by atoms with Crippen molar-refractivity contribution in [1.29, 1.82) is 0 Å². The molecule has 0 fully saturated rings. The summed E-state index contributed by atoms with van der Waals surface area (Å²) in [6, 6.07) is 3.85. The molecule has 0 unspecified atom stereocenters. The minimum absolute atomic E-state index is 0. The summed E-state index contributed by atoms with van der Waals surface area (Å²) in [6.07, 6.45) is 4.72. The Kier molecular flexibility index (Phi) is 8.08. The molecule has 22 heavy (non-hydrogen) atoms. The summed E-state index contributed by atoms with van der Waals surface area (Å²) in [6.45, 7) is 3.71. The van der Waals surface area contributed by atoms with Crippen molar-refractivity contribution in [3.63, 3.8) is 0 Å². The lowest BCUT2D eigenvalue weighted by Gasteiger charge is -2.15. The first-order chi connectivity index (χ1) is 9.49. The molecule has 122 valence electrons. The number of hydrogen-bond acceptors (Lipinski definition) is 3. The summed E-state index contributed by atoms with van der Waals surface area (Å²) in [5.41, 5.74) is 6.49. The Morgan fingerprint density at radius 1 is 1.36 bits per heavy atom. The highest BCUT2D eigenvalue weighted by molar-refractivity contribution is 5.94. The van der Waals surface area contributed by atoms with E-state index in [1.807, 2.05) is 13.8 Å². The SMILES string of the molecule is CC(C)[C@H](N)C(=O)Nc1ccc(-n2ccnc2)c(F)c1.Cl.Cl. The van der Waals surface area contributed by atoms with Gasteiger partial charge in [-0.05, 0) is 24.1 Å². The van der Waals surface area contributed by atoms with Crippen molar-refractivity contribution >= 4 is 36.4 Å². The summed E-state index contributed by atoms with van der Waals surface area (Å²) in [4.78, 5) is 15.7. The number of benzene rings is 1. The third-order valence-electron chi connectivity index (χ3n) is 3.02. The molecule has 3 N–H and O–H groups in total. The Morgan fingerprint density at radius 3 is 2.55 bits per heavy atom. The van der Waals surface area contributed by atoms with Crippen molar-refractivity contribution in [1.82, 2.24) is 9.55 Å². The van der Waals surface area contributed by atoms with Gasteiger partial charge in [-0.2, -0.15) is 0 Å². The number of amides is 1. The molecule has 2 rings (SSSR count). The highest BCUT2D eigenvalue weighted by Crippen LogP contribution is 2.18. The molecule has 1 atom stereocenters. The zero-order valence-corrected chi connectivity index (χ0v) is 13.8. The van der Waals surface area contributed by atoms with Crippen LogP contribution in [0.25, 0.3) is 5.69 Å². The lowest BCUT2D eigenvalue weighted by Crippen LogP contribution is -2.39. The first-order valence-corrected chi connectivity index (χ1v) is 6.33. The van der Waals surface area contributed by atoms with Gasteiger partial charge in [0.2, 0.25) is 5.91 Å². The molecule has 0 aliphatic rings. The molecule has 0 saturated heterocycles. The Morgan fingerprint density at radius 2 is 2.05 bits per heavy atom. The van der Waals surface area contributed by atoms with Gasteiger partial charge in [-0.3, -0.25) is 4.79 Å². The van der Waals surface area contributed by atoms with Crippen LogP contribution in [0.1, 0.15) is 13.8 Å². The predicted molar refractivity (Wildman–Crippen MR) is 89.5 cm³/mol. The number of carbonyl (C=O) groups is 1. The summed E-state index contributed by atoms with van der Waals surface area (Å²) in [7, 11) is 0. The van der Waals surface area contributed by atoms with Gasteiger partial charge >= 0.3 is 0 Å². The molecule has 2 aromatic rings. The minimum atomic E-state index is -0.619. The second-order valence-corrected chi connectivity index (χ2v) is 4.90. The van der Waals surface area contributed by atoms with E-state index in [1.54, 1.807) is 29.1 Å². The van der Waals surface area contributed by atoms with E-state index in [9.17, 15) is 9.18 Å². The zero-order chi connectivity index (χ0) is 14.7. The molecule has 5 nitrogen and oxygen atoms in total. The Labute approximate surface area is 140 Å². The number of anilines is 1. The predicted octanol–water partition coefficient (Wildman–Crippen LogP) is 2.78. The van der Waals surface area contributed by atoms with Crippen molar-refractivity contribution < 1.29 is 9.18 Å². The van der Waals surface area contributed by atoms with Gasteiger partial charge in [0.25, 0.3) is 0 Å². The van der Waals surface area contributed by atoms with Gasteiger partial charge in [-0.25, -0.2) is 9.37 Å². The van der Waals surface area contributed by atoms with Crippen LogP contribution < -0.4 is 11.1 Å². The normalized spacial score (nSPS) is 11.3. The second-order valence-electron chi connectivity index (χ2n) is 4.90. The van der Waals surface area contributed by atoms with Crippen molar-refractivity contribution in [2.75, 3.05) is 5.32 Å². The summed E-state index contributed by atoms with van der Waals surface area (Å²) >= 11 is 0. The summed E-state index contributed by atoms with van der Waals surface area (Å²) < 4.78 is 15.5. The quantitative estimate of drug-likeness (QED) is 0.892. The Balaban J connectivity index is 0.00000220. The minimum Gasteiger partial charge on any atom is -0.325 e. The first kappa shape index (κ1) is 20.4. The van der Waals surface area contributed by atoms with E-state index < -0.39 is 11.9 Å². The molecule has 8 heteroatoms. The average Bonchev–Trinajstić information content (AvgIpc) is 2.91. The summed E-state index contributed by atoms with van der Waals surface area (Å²) in [5, 5.41) is 2.61. The first-order valence-electron chi connectivity index (χ1n) is 6.33. The van der Waals surface area contributed by atoms with Gasteiger partial charge in [0.1, 0.15) is 5.82 Å². The van der Waals surface area contributed by atoms with Crippen LogP contribution in [0.3, 0.4) is 0 Å². The molecule has 0 aliphatic heterocycles. The van der Waals surface area contributed by atoms with Crippen LogP contribution in [0, 0.1) is 11.7 Å². The van der Waals surface area contributed by atoms with Gasteiger partial charge in [0, 0.05) is 18.1 Å². The van der Waals surface area contributed by atoms with E-state index >= 15 is 0 Å². The number of aromatic nitrogens is 2. The number of imidazole rings is 1. The highest BCUT2D eigenvalue weighted by atomic mass is 35.5. The average molecular weight is 349 g/mol. The topological polar surface area (TPSA) is 72.9 Å². The monoisotopic (exact) mass is 348 g/mol. The molecule has 0 bridgehead atoms. The largest absolute Gasteiger partial charge is 0.325 e. The number of carbonyl (C=O) groups excluding carboxylic acids is 1. The third-order valence-corrected chi connectivity index (χ3v) is 3.02. The smallest absolute Gasteiger partial charge is 0.241 e. The standard InChI is InChI=1S/C14H17FN4O.2ClH/c1-9(2)13(16)14(20)18-10-3-4-12(11(15)7-10)19-6-5-17-8-19;;/h3-9,13H,16H2,1-2H3,(H,18,20);2*1H/t13-;;/m0../s1. The second kappa shape index (κ2) is 8.73. The molecule has 1 aromatic heterocycles. The van der Waals surface area contributed by atoms with E-state index in [-0.39, 0.29) is 36.6 Å². The lowest BCUT2D eigenvalue weighted by molar-refractivity contribution is -0.118. The van der Waals surface area contributed by atoms with Crippen LogP contribution in [0.5, 0.6) is 0 Å². The Bertz CT molecular complexity index is 605. The van der Waals surface area contributed by atoms with Gasteiger partial charge < -0.3 is 15.6 Å². The molecule has 0 radical (unpaired) electrons. The van der Waals surface area contributed by atoms with Gasteiger partial charge in [0.05, 0.1) is 18.1 Å². The Hall–Kier alpha value is -1.63. The molecular formula is C14H19Cl2FN4O. The van der Waals surface area contributed by atoms with Crippen molar-refractivity contribution in [3.05, 3.63) is 42.7 Å². The number of rotatable bonds is 4. The van der Waals surface area contributed by atoms with Crippen molar-refractivity contribution in [2.45, 2.75) is 19.9 Å². The molecule has 1 heterocycles. The lowest BCUT2D eigenvalue weighted by atomic mass is 10.0. The molecule has 1 aromatic carbocycles. The van der Waals surface area contributed by atoms with Crippen LogP contribution >= 0.6 is 24.8 Å². The molecular weight excluding hydrogens is 330 g/mol. The fourth-order valence-corrected chi connectivity index (χ4v) is 1.72.